The lowest BCUT2D eigenvalue weighted by atomic mass is 10.5. The van der Waals surface area contributed by atoms with E-state index in [4.69, 9.17) is 0 Å². The number of nitrogens with zero attached hydrogens (tertiary/aromatic N) is 1. The number of carbonyl (C=O) groups is 1. The molecule has 0 radical (unpaired) electrons. The zero-order valence-electron chi connectivity index (χ0n) is 8.26. The molecule has 0 fully saturated rings. The molecule has 0 saturated heterocycles. The molecule has 0 bridgehead atoms. The molecule has 0 aliphatic carbocycles. The Bertz CT molecular complexity index is 126. The molecule has 2 nitrogen and oxygen atoms in total. The maximum Gasteiger partial charge on any atom is 0.272 e. The van der Waals surface area contributed by atoms with Crippen molar-refractivity contribution in [2.45, 2.75) is 13.8 Å². The summed E-state index contributed by atoms with van der Waals surface area (Å²) in [5, 5.41) is 0. The van der Waals surface area contributed by atoms with Crippen LogP contribution in [0.3, 0.4) is 0 Å². The van der Waals surface area contributed by atoms with Crippen LogP contribution in [0.25, 0.3) is 0 Å². The smallest absolute Gasteiger partial charge is 0.272 e. The minimum atomic E-state index is 0. The molecule has 0 N–H and O–H groups in total. The summed E-state index contributed by atoms with van der Waals surface area (Å²) in [6.07, 6.45) is 4.20. The normalized spacial score (nSPS) is 9.42. The standard InChI is InChI=1S/C8H18NOS.BrH/c1-5-9(6-2)8(10)7-11(3)4;/h5-7H2,1-4H3;1H/q+1;/p-1. The van der Waals surface area contributed by atoms with Crippen LogP contribution in [0.15, 0.2) is 0 Å². The first-order chi connectivity index (χ1) is 5.11. The van der Waals surface area contributed by atoms with Crippen molar-refractivity contribution in [3.8, 4) is 0 Å². The fourth-order valence-corrected chi connectivity index (χ4v) is 1.59. The van der Waals surface area contributed by atoms with Crippen LogP contribution < -0.4 is 17.0 Å². The average Bonchev–Trinajstić information content (AvgIpc) is 1.88. The Morgan fingerprint density at radius 3 is 1.92 bits per heavy atom. The van der Waals surface area contributed by atoms with Gasteiger partial charge < -0.3 is 21.9 Å². The van der Waals surface area contributed by atoms with Crippen molar-refractivity contribution in [3.63, 3.8) is 0 Å². The number of rotatable bonds is 4. The molecule has 0 aliphatic rings. The van der Waals surface area contributed by atoms with E-state index in [9.17, 15) is 4.79 Å². The maximum atomic E-state index is 11.3. The van der Waals surface area contributed by atoms with Crippen molar-refractivity contribution in [3.05, 3.63) is 0 Å². The first-order valence-electron chi connectivity index (χ1n) is 3.93. The molecule has 0 aliphatic heterocycles. The highest BCUT2D eigenvalue weighted by atomic mass is 79.9. The van der Waals surface area contributed by atoms with E-state index in [1.807, 2.05) is 18.7 Å². The van der Waals surface area contributed by atoms with E-state index in [0.29, 0.717) is 11.7 Å². The molecule has 0 saturated carbocycles. The molecule has 4 heteroatoms. The van der Waals surface area contributed by atoms with Gasteiger partial charge in [-0.15, -0.1) is 0 Å². The van der Waals surface area contributed by atoms with Crippen molar-refractivity contribution in [1.82, 2.24) is 4.90 Å². The van der Waals surface area contributed by atoms with Gasteiger partial charge >= 0.3 is 0 Å². The Balaban J connectivity index is 0. The molecule has 0 unspecified atom stereocenters. The monoisotopic (exact) mass is 255 g/mol. The van der Waals surface area contributed by atoms with Crippen molar-refractivity contribution in [2.24, 2.45) is 0 Å². The summed E-state index contributed by atoms with van der Waals surface area (Å²) in [4.78, 5) is 13.2. The molecule has 74 valence electrons. The maximum absolute atomic E-state index is 11.3. The van der Waals surface area contributed by atoms with Gasteiger partial charge in [0.2, 0.25) is 0 Å². The van der Waals surface area contributed by atoms with Gasteiger partial charge in [0.1, 0.15) is 0 Å². The second-order valence-electron chi connectivity index (χ2n) is 2.70. The van der Waals surface area contributed by atoms with E-state index in [1.165, 1.54) is 0 Å². The predicted molar refractivity (Wildman–Crippen MR) is 52.0 cm³/mol. The van der Waals surface area contributed by atoms with E-state index in [0.717, 1.165) is 13.1 Å². The lowest BCUT2D eigenvalue weighted by Crippen LogP contribution is -3.00. The van der Waals surface area contributed by atoms with E-state index >= 15 is 0 Å². The summed E-state index contributed by atoms with van der Waals surface area (Å²) in [5.74, 6) is 1.00. The van der Waals surface area contributed by atoms with Gasteiger partial charge in [-0.2, -0.15) is 0 Å². The highest BCUT2D eigenvalue weighted by Gasteiger charge is 2.15. The number of hydrogen-bond donors (Lipinski definition) is 0. The third kappa shape index (κ3) is 5.89. The molecule has 1 amide bonds. The van der Waals surface area contributed by atoms with Crippen LogP contribution in [0.5, 0.6) is 0 Å². The molecule has 0 aromatic carbocycles. The Labute approximate surface area is 88.8 Å². The van der Waals surface area contributed by atoms with Gasteiger partial charge in [0.25, 0.3) is 5.91 Å². The Morgan fingerprint density at radius 2 is 1.67 bits per heavy atom. The lowest BCUT2D eigenvalue weighted by molar-refractivity contribution is -0.127. The largest absolute Gasteiger partial charge is 1.00 e. The predicted octanol–water partition coefficient (Wildman–Crippen LogP) is -2.26. The van der Waals surface area contributed by atoms with Crippen LogP contribution in [-0.2, 0) is 15.7 Å². The second-order valence-corrected chi connectivity index (χ2v) is 4.96. The molecule has 0 aromatic rings. The molecule has 0 atom stereocenters. The fourth-order valence-electron chi connectivity index (χ4n) is 0.915. The zero-order chi connectivity index (χ0) is 8.85. The number of halogens is 1. The number of hydrogen-bond acceptors (Lipinski definition) is 1. The van der Waals surface area contributed by atoms with Crippen LogP contribution in [-0.4, -0.2) is 42.2 Å². The Kier molecular flexibility index (Phi) is 9.78. The van der Waals surface area contributed by atoms with E-state index < -0.39 is 0 Å². The molecule has 0 spiro atoms. The van der Waals surface area contributed by atoms with Crippen molar-refractivity contribution < 1.29 is 21.8 Å². The summed E-state index contributed by atoms with van der Waals surface area (Å²) < 4.78 is 0. The summed E-state index contributed by atoms with van der Waals surface area (Å²) in [5.41, 5.74) is 0. The summed E-state index contributed by atoms with van der Waals surface area (Å²) >= 11 is 0. The molecular weight excluding hydrogens is 238 g/mol. The molecule has 0 rings (SSSR count). The van der Waals surface area contributed by atoms with Crippen LogP contribution in [0, 0.1) is 0 Å². The SMILES string of the molecule is CCN(CC)C(=O)C[S+](C)C.[Br-]. The third-order valence-corrected chi connectivity index (χ3v) is 2.35. The van der Waals surface area contributed by atoms with Gasteiger partial charge in [0, 0.05) is 13.1 Å². The van der Waals surface area contributed by atoms with Gasteiger partial charge in [-0.25, -0.2) is 0 Å². The average molecular weight is 256 g/mol. The van der Waals surface area contributed by atoms with Gasteiger partial charge in [-0.3, -0.25) is 4.79 Å². The minimum Gasteiger partial charge on any atom is -1.00 e. The van der Waals surface area contributed by atoms with Crippen LogP contribution in [0.1, 0.15) is 13.8 Å². The van der Waals surface area contributed by atoms with Crippen LogP contribution in [0.4, 0.5) is 0 Å². The molecule has 0 heterocycles. The number of amides is 1. The Hall–Kier alpha value is 0.300. The van der Waals surface area contributed by atoms with Crippen LogP contribution >= 0.6 is 0 Å². The minimum absolute atomic E-state index is 0. The molecular formula is C8H18BrNOS. The highest BCUT2D eigenvalue weighted by molar-refractivity contribution is 7.96. The fraction of sp³-hybridized carbons (Fsp3) is 0.875. The van der Waals surface area contributed by atoms with Crippen LogP contribution in [0.2, 0.25) is 0 Å². The highest BCUT2D eigenvalue weighted by Crippen LogP contribution is 1.93. The number of carbonyl (C=O) groups excluding carboxylic acids is 1. The topological polar surface area (TPSA) is 20.3 Å². The van der Waals surface area contributed by atoms with E-state index in [-0.39, 0.29) is 27.9 Å². The summed E-state index contributed by atoms with van der Waals surface area (Å²) in [7, 11) is 0.239. The third-order valence-electron chi connectivity index (χ3n) is 1.53. The first-order valence-corrected chi connectivity index (χ1v) is 6.14. The Morgan fingerprint density at radius 1 is 1.25 bits per heavy atom. The van der Waals surface area contributed by atoms with Gasteiger partial charge in [-0.1, -0.05) is 0 Å². The van der Waals surface area contributed by atoms with Gasteiger partial charge in [0.05, 0.1) is 12.5 Å². The van der Waals surface area contributed by atoms with Crippen molar-refractivity contribution in [2.75, 3.05) is 31.4 Å². The van der Waals surface area contributed by atoms with Crippen molar-refractivity contribution in [1.29, 1.82) is 0 Å². The first kappa shape index (κ1) is 14.8. The van der Waals surface area contributed by atoms with E-state index in [1.54, 1.807) is 0 Å². The summed E-state index contributed by atoms with van der Waals surface area (Å²) in [6.45, 7) is 5.72. The second kappa shape index (κ2) is 7.92. The van der Waals surface area contributed by atoms with Gasteiger partial charge in [0.15, 0.2) is 5.75 Å². The zero-order valence-corrected chi connectivity index (χ0v) is 10.7. The molecule has 12 heavy (non-hydrogen) atoms. The molecule has 0 aromatic heterocycles. The lowest BCUT2D eigenvalue weighted by Gasteiger charge is -2.16. The van der Waals surface area contributed by atoms with E-state index in [2.05, 4.69) is 12.5 Å². The summed E-state index contributed by atoms with van der Waals surface area (Å²) in [6, 6.07) is 0. The quantitative estimate of drug-likeness (QED) is 0.520. The van der Waals surface area contributed by atoms with Crippen molar-refractivity contribution >= 4 is 16.8 Å². The van der Waals surface area contributed by atoms with Gasteiger partial charge in [-0.05, 0) is 24.7 Å².